The van der Waals surface area contributed by atoms with Gasteiger partial charge in [-0.15, -0.1) is 0 Å². The molecule has 2 N–H and O–H groups in total. The number of aromatic nitrogens is 1. The van der Waals surface area contributed by atoms with Crippen LogP contribution in [0.4, 0.5) is 11.4 Å². The molecule has 1 aliphatic rings. The smallest absolute Gasteiger partial charge is 0.341 e. The average molecular weight is 429 g/mol. The van der Waals surface area contributed by atoms with Crippen molar-refractivity contribution in [3.63, 3.8) is 0 Å². The highest BCUT2D eigenvalue weighted by molar-refractivity contribution is 6.03. The Morgan fingerprint density at radius 3 is 2.06 bits per heavy atom. The number of pyridine rings is 1. The van der Waals surface area contributed by atoms with Crippen molar-refractivity contribution in [2.45, 2.75) is 6.92 Å². The molecule has 1 aromatic carbocycles. The number of piperazine rings is 1. The van der Waals surface area contributed by atoms with E-state index in [1.165, 1.54) is 13.0 Å². The van der Waals surface area contributed by atoms with Crippen LogP contribution in [-0.2, 0) is 9.59 Å². The normalized spacial score (nSPS) is 13.6. The van der Waals surface area contributed by atoms with Gasteiger partial charge in [0.15, 0.2) is 30.5 Å². The zero-order valence-corrected chi connectivity index (χ0v) is 17.0. The van der Waals surface area contributed by atoms with Gasteiger partial charge in [-0.25, -0.2) is 9.59 Å². The number of carbonyl (C=O) groups is 3. The van der Waals surface area contributed by atoms with Gasteiger partial charge in [0, 0.05) is 44.3 Å². The molecule has 0 amide bonds. The van der Waals surface area contributed by atoms with Gasteiger partial charge in [0.1, 0.15) is 0 Å². The Kier molecular flexibility index (Phi) is 6.91. The van der Waals surface area contributed by atoms with Gasteiger partial charge in [-0.3, -0.25) is 9.78 Å². The molecular formula is C21H23N3O7. The van der Waals surface area contributed by atoms with E-state index in [1.54, 1.807) is 18.5 Å². The molecule has 3 rings (SSSR count). The lowest BCUT2D eigenvalue weighted by Crippen LogP contribution is -2.47. The number of rotatable bonds is 9. The number of ether oxygens (including phenoxy) is 2. The predicted molar refractivity (Wildman–Crippen MR) is 111 cm³/mol. The zero-order chi connectivity index (χ0) is 22.4. The Morgan fingerprint density at radius 1 is 0.903 bits per heavy atom. The Morgan fingerprint density at radius 2 is 1.48 bits per heavy atom. The second kappa shape index (κ2) is 9.79. The zero-order valence-electron chi connectivity index (χ0n) is 17.0. The largest absolute Gasteiger partial charge is 0.479 e. The lowest BCUT2D eigenvalue weighted by Gasteiger charge is -2.38. The molecule has 0 bridgehead atoms. The van der Waals surface area contributed by atoms with Crippen LogP contribution < -0.4 is 19.3 Å². The van der Waals surface area contributed by atoms with Crippen molar-refractivity contribution in [2.75, 3.05) is 49.2 Å². The Balaban J connectivity index is 1.89. The number of carbonyl (C=O) groups excluding carboxylic acids is 1. The molecule has 31 heavy (non-hydrogen) atoms. The first-order valence-electron chi connectivity index (χ1n) is 9.64. The molecule has 2 heterocycles. The number of Topliss-reactive ketones (excluding diaryl/α,β-unsaturated/α-hetero) is 1. The number of hydrogen-bond acceptors (Lipinski definition) is 8. The van der Waals surface area contributed by atoms with Gasteiger partial charge in [-0.05, 0) is 31.2 Å². The summed E-state index contributed by atoms with van der Waals surface area (Å²) < 4.78 is 10.6. The quantitative estimate of drug-likeness (QED) is 0.566. The Bertz CT molecular complexity index is 957. The van der Waals surface area contributed by atoms with Crippen molar-refractivity contribution >= 4 is 29.1 Å². The van der Waals surface area contributed by atoms with Gasteiger partial charge in [0.25, 0.3) is 0 Å². The minimum absolute atomic E-state index is 0.00743. The predicted octanol–water partition coefficient (Wildman–Crippen LogP) is 1.54. The van der Waals surface area contributed by atoms with Crippen LogP contribution in [0.1, 0.15) is 17.3 Å². The van der Waals surface area contributed by atoms with Crippen molar-refractivity contribution in [1.29, 1.82) is 0 Å². The van der Waals surface area contributed by atoms with E-state index >= 15 is 0 Å². The van der Waals surface area contributed by atoms with Crippen molar-refractivity contribution in [3.8, 4) is 11.5 Å². The number of aliphatic carboxylic acids is 2. The molecule has 164 valence electrons. The van der Waals surface area contributed by atoms with Gasteiger partial charge < -0.3 is 29.5 Å². The summed E-state index contributed by atoms with van der Waals surface area (Å²) in [5, 5.41) is 17.9. The molecule has 1 aromatic heterocycles. The van der Waals surface area contributed by atoms with Crippen LogP contribution in [0.25, 0.3) is 0 Å². The maximum absolute atomic E-state index is 12.5. The molecule has 0 unspecified atom stereocenters. The summed E-state index contributed by atoms with van der Waals surface area (Å²) in [7, 11) is 0. The highest BCUT2D eigenvalue weighted by Gasteiger charge is 2.26. The summed E-state index contributed by atoms with van der Waals surface area (Å²) in [5.41, 5.74) is 1.82. The summed E-state index contributed by atoms with van der Waals surface area (Å²) >= 11 is 0. The third-order valence-electron chi connectivity index (χ3n) is 4.79. The first-order chi connectivity index (χ1) is 14.9. The number of carboxylic acid groups (broad SMARTS) is 2. The van der Waals surface area contributed by atoms with Crippen LogP contribution in [0.3, 0.4) is 0 Å². The van der Waals surface area contributed by atoms with E-state index in [-0.39, 0.29) is 22.8 Å². The van der Waals surface area contributed by atoms with Gasteiger partial charge >= 0.3 is 11.9 Å². The monoisotopic (exact) mass is 429 g/mol. The third kappa shape index (κ3) is 5.41. The maximum atomic E-state index is 12.5. The highest BCUT2D eigenvalue weighted by atomic mass is 16.5. The summed E-state index contributed by atoms with van der Waals surface area (Å²) in [6.45, 7) is 2.68. The summed E-state index contributed by atoms with van der Waals surface area (Å²) in [4.78, 5) is 42.7. The maximum Gasteiger partial charge on any atom is 0.341 e. The fraction of sp³-hybridized carbons (Fsp3) is 0.333. The lowest BCUT2D eigenvalue weighted by molar-refractivity contribution is -0.140. The van der Waals surface area contributed by atoms with Gasteiger partial charge in [0.05, 0.1) is 11.3 Å². The van der Waals surface area contributed by atoms with Crippen LogP contribution in [0, 0.1) is 0 Å². The van der Waals surface area contributed by atoms with Crippen molar-refractivity contribution in [2.24, 2.45) is 0 Å². The van der Waals surface area contributed by atoms with E-state index in [2.05, 4.69) is 9.88 Å². The number of hydrogen-bond donors (Lipinski definition) is 2. The van der Waals surface area contributed by atoms with Crippen molar-refractivity contribution in [3.05, 3.63) is 42.2 Å². The minimum Gasteiger partial charge on any atom is -0.479 e. The second-order valence-corrected chi connectivity index (χ2v) is 6.89. The Hall–Kier alpha value is -3.82. The number of ketones is 1. The van der Waals surface area contributed by atoms with Crippen LogP contribution in [0.2, 0.25) is 0 Å². The molecular weight excluding hydrogens is 406 g/mol. The van der Waals surface area contributed by atoms with E-state index in [1.807, 2.05) is 17.0 Å². The van der Waals surface area contributed by atoms with E-state index < -0.39 is 25.2 Å². The first kappa shape index (κ1) is 21.9. The molecule has 0 spiro atoms. The second-order valence-electron chi connectivity index (χ2n) is 6.89. The summed E-state index contributed by atoms with van der Waals surface area (Å²) in [6, 6.07) is 7.03. The van der Waals surface area contributed by atoms with Crippen LogP contribution in [-0.4, -0.2) is 72.3 Å². The Labute approximate surface area is 178 Å². The van der Waals surface area contributed by atoms with Crippen LogP contribution >= 0.6 is 0 Å². The topological polar surface area (TPSA) is 130 Å². The number of nitrogens with zero attached hydrogens (tertiary/aromatic N) is 3. The molecule has 1 saturated heterocycles. The molecule has 1 fully saturated rings. The first-order valence-corrected chi connectivity index (χ1v) is 9.64. The van der Waals surface area contributed by atoms with E-state index in [4.69, 9.17) is 19.7 Å². The van der Waals surface area contributed by atoms with Gasteiger partial charge in [-0.1, -0.05) is 0 Å². The number of carboxylic acids is 2. The lowest BCUT2D eigenvalue weighted by atomic mass is 10.0. The molecule has 2 aromatic rings. The van der Waals surface area contributed by atoms with Crippen LogP contribution in [0.5, 0.6) is 11.5 Å². The fourth-order valence-corrected chi connectivity index (χ4v) is 3.45. The van der Waals surface area contributed by atoms with E-state index in [9.17, 15) is 14.4 Å². The van der Waals surface area contributed by atoms with Crippen LogP contribution in [0.15, 0.2) is 36.7 Å². The molecule has 10 heteroatoms. The molecule has 1 aliphatic heterocycles. The minimum atomic E-state index is -1.23. The number of benzene rings is 1. The average Bonchev–Trinajstić information content (AvgIpc) is 2.76. The number of anilines is 2. The fourth-order valence-electron chi connectivity index (χ4n) is 3.45. The van der Waals surface area contributed by atoms with Crippen molar-refractivity contribution in [1.82, 2.24) is 4.98 Å². The third-order valence-corrected chi connectivity index (χ3v) is 4.79. The van der Waals surface area contributed by atoms with Crippen molar-refractivity contribution < 1.29 is 34.1 Å². The summed E-state index contributed by atoms with van der Waals surface area (Å²) in [5.74, 6) is -2.83. The van der Waals surface area contributed by atoms with Gasteiger partial charge in [-0.2, -0.15) is 0 Å². The van der Waals surface area contributed by atoms with E-state index in [0.717, 1.165) is 5.69 Å². The summed E-state index contributed by atoms with van der Waals surface area (Å²) in [6.07, 6.45) is 3.47. The molecule has 0 aliphatic carbocycles. The molecule has 0 radical (unpaired) electrons. The molecule has 0 atom stereocenters. The molecule has 10 nitrogen and oxygen atoms in total. The highest BCUT2D eigenvalue weighted by Crippen LogP contribution is 2.39. The molecule has 0 saturated carbocycles. The van der Waals surface area contributed by atoms with E-state index in [0.29, 0.717) is 31.9 Å². The SMILES string of the molecule is CC(=O)c1c(N2CCN(c3ccncc3)CC2)ccc(OCC(=O)O)c1OCC(=O)O. The standard InChI is InChI=1S/C21H23N3O7/c1-14(25)20-16(24-10-8-23(9-11-24)15-4-6-22-7-5-15)2-3-17(30-12-18(26)27)21(20)31-13-19(28)29/h2-7H,8-13H2,1H3,(H,26,27)(H,28,29). The van der Waals surface area contributed by atoms with Gasteiger partial charge in [0.2, 0.25) is 0 Å².